The van der Waals surface area contributed by atoms with Crippen molar-refractivity contribution in [1.29, 1.82) is 0 Å². The largest absolute Gasteiger partial charge is 0.305 e. The van der Waals surface area contributed by atoms with Crippen LogP contribution in [0.5, 0.6) is 0 Å². The first-order chi connectivity index (χ1) is 15.5. The van der Waals surface area contributed by atoms with Gasteiger partial charge in [0.1, 0.15) is 0 Å². The normalized spacial score (nSPS) is 19.2. The number of piperidine rings is 1. The fraction of sp³-hybridized carbons (Fsp3) is 0.517. The molecule has 2 aliphatic rings. The molecule has 3 nitrogen and oxygen atoms in total. The van der Waals surface area contributed by atoms with Crippen LogP contribution in [0.15, 0.2) is 67.8 Å². The number of likely N-dealkylation sites (tertiary alicyclic amines) is 1. The third-order valence-corrected chi connectivity index (χ3v) is 5.92. The Morgan fingerprint density at radius 1 is 1.06 bits per heavy atom. The van der Waals surface area contributed by atoms with Gasteiger partial charge in [0.15, 0.2) is 0 Å². The van der Waals surface area contributed by atoms with Crippen LogP contribution in [0.4, 0.5) is 0 Å². The van der Waals surface area contributed by atoms with E-state index >= 15 is 0 Å². The van der Waals surface area contributed by atoms with Crippen molar-refractivity contribution in [3.63, 3.8) is 0 Å². The van der Waals surface area contributed by atoms with E-state index in [4.69, 9.17) is 0 Å². The van der Waals surface area contributed by atoms with Gasteiger partial charge in [0.25, 0.3) is 0 Å². The average molecular weight is 436 g/mol. The monoisotopic (exact) mass is 435 g/mol. The molecule has 1 saturated heterocycles. The summed E-state index contributed by atoms with van der Waals surface area (Å²) in [6.07, 6.45) is 17.0. The van der Waals surface area contributed by atoms with Gasteiger partial charge in [-0.1, -0.05) is 52.0 Å². The highest BCUT2D eigenvalue weighted by atomic mass is 15.1. The fourth-order valence-electron chi connectivity index (χ4n) is 4.26. The number of allylic oxidation sites excluding steroid dienone is 2. The molecule has 0 spiro atoms. The lowest BCUT2D eigenvalue weighted by Gasteiger charge is -2.38. The molecule has 32 heavy (non-hydrogen) atoms. The van der Waals surface area contributed by atoms with Gasteiger partial charge in [-0.15, -0.1) is 6.58 Å². The van der Waals surface area contributed by atoms with Crippen molar-refractivity contribution < 1.29 is 0 Å². The molecule has 2 atom stereocenters. The maximum absolute atomic E-state index is 4.22. The van der Waals surface area contributed by atoms with E-state index in [0.29, 0.717) is 0 Å². The van der Waals surface area contributed by atoms with Gasteiger partial charge in [0.05, 0.1) is 0 Å². The number of hydrogen-bond acceptors (Lipinski definition) is 3. The minimum Gasteiger partial charge on any atom is -0.305 e. The van der Waals surface area contributed by atoms with Crippen LogP contribution in [-0.2, 0) is 0 Å². The van der Waals surface area contributed by atoms with Crippen molar-refractivity contribution in [2.75, 3.05) is 20.1 Å². The molecule has 2 aromatic rings. The molecule has 3 heteroatoms. The van der Waals surface area contributed by atoms with Gasteiger partial charge >= 0.3 is 0 Å². The van der Waals surface area contributed by atoms with Crippen molar-refractivity contribution in [3.05, 3.63) is 78.9 Å². The summed E-state index contributed by atoms with van der Waals surface area (Å²) < 4.78 is 0. The second-order valence-corrected chi connectivity index (χ2v) is 8.56. The van der Waals surface area contributed by atoms with E-state index < -0.39 is 0 Å². The van der Waals surface area contributed by atoms with E-state index in [1.54, 1.807) is 6.20 Å². The van der Waals surface area contributed by atoms with Gasteiger partial charge in [0.2, 0.25) is 0 Å². The number of nitrogens with zero attached hydrogens (tertiary/aromatic N) is 3. The molecule has 0 N–H and O–H groups in total. The molecular weight excluding hydrogens is 390 g/mol. The molecule has 4 rings (SSSR count). The number of hydrogen-bond donors (Lipinski definition) is 0. The van der Waals surface area contributed by atoms with Crippen LogP contribution in [0.2, 0.25) is 0 Å². The van der Waals surface area contributed by atoms with Gasteiger partial charge < -0.3 is 4.90 Å². The van der Waals surface area contributed by atoms with E-state index in [2.05, 4.69) is 54.5 Å². The third kappa shape index (κ3) is 10.4. The van der Waals surface area contributed by atoms with Gasteiger partial charge in [-0.05, 0) is 86.2 Å². The predicted molar refractivity (Wildman–Crippen MR) is 141 cm³/mol. The molecule has 1 fully saturated rings. The lowest BCUT2D eigenvalue weighted by Crippen LogP contribution is -2.39. The topological polar surface area (TPSA) is 29.0 Å². The third-order valence-electron chi connectivity index (χ3n) is 5.92. The van der Waals surface area contributed by atoms with Gasteiger partial charge in [-0.2, -0.15) is 0 Å². The van der Waals surface area contributed by atoms with Crippen LogP contribution >= 0.6 is 0 Å². The summed E-state index contributed by atoms with van der Waals surface area (Å²) in [5.74, 6) is 2.36. The highest BCUT2D eigenvalue weighted by Crippen LogP contribution is 2.37. The van der Waals surface area contributed by atoms with Gasteiger partial charge in [0, 0.05) is 37.9 Å². The zero-order valence-electron chi connectivity index (χ0n) is 21.3. The van der Waals surface area contributed by atoms with Crippen LogP contribution in [0.3, 0.4) is 0 Å². The molecule has 3 heterocycles. The molecule has 1 aliphatic heterocycles. The molecular formula is C29H45N3. The van der Waals surface area contributed by atoms with E-state index in [-0.39, 0.29) is 0 Å². The predicted octanol–water partition coefficient (Wildman–Crippen LogP) is 7.46. The smallest absolute Gasteiger partial charge is 0.0342 e. The highest BCUT2D eigenvalue weighted by molar-refractivity contribution is 5.66. The van der Waals surface area contributed by atoms with Crippen LogP contribution in [0.1, 0.15) is 64.5 Å². The first-order valence-electron chi connectivity index (χ1n) is 12.3. The van der Waals surface area contributed by atoms with E-state index in [1.165, 1.54) is 55.5 Å². The SMILES string of the molecule is C=CC(CC)CC.CC.CN1CC2C=C(c3cccnc3)CC(C2)C1.Cc1cccnc1. The van der Waals surface area contributed by atoms with Gasteiger partial charge in [-0.25, -0.2) is 0 Å². The van der Waals surface area contributed by atoms with Crippen LogP contribution in [0, 0.1) is 24.7 Å². The molecule has 0 aromatic carbocycles. The second kappa shape index (κ2) is 16.4. The summed E-state index contributed by atoms with van der Waals surface area (Å²) in [5.41, 5.74) is 4.05. The lowest BCUT2D eigenvalue weighted by molar-refractivity contribution is 0.170. The fourth-order valence-corrected chi connectivity index (χ4v) is 4.26. The number of aryl methyl sites for hydroxylation is 1. The quantitative estimate of drug-likeness (QED) is 0.467. The lowest BCUT2D eigenvalue weighted by atomic mass is 9.77. The van der Waals surface area contributed by atoms with Crippen molar-refractivity contribution in [2.24, 2.45) is 17.8 Å². The molecule has 0 radical (unpaired) electrons. The van der Waals surface area contributed by atoms with Crippen molar-refractivity contribution in [3.8, 4) is 0 Å². The van der Waals surface area contributed by atoms with E-state index in [1.807, 2.05) is 63.6 Å². The summed E-state index contributed by atoms with van der Waals surface area (Å²) in [6, 6.07) is 8.17. The Morgan fingerprint density at radius 3 is 2.12 bits per heavy atom. The maximum Gasteiger partial charge on any atom is 0.0342 e. The van der Waals surface area contributed by atoms with E-state index in [0.717, 1.165) is 17.8 Å². The first kappa shape index (κ1) is 27.8. The van der Waals surface area contributed by atoms with Crippen LogP contribution in [0.25, 0.3) is 5.57 Å². The Balaban J connectivity index is 0.000000269. The summed E-state index contributed by atoms with van der Waals surface area (Å²) >= 11 is 0. The zero-order chi connectivity index (χ0) is 23.8. The minimum absolute atomic E-state index is 0.750. The molecule has 2 aromatic heterocycles. The van der Waals surface area contributed by atoms with Crippen molar-refractivity contribution >= 4 is 5.57 Å². The summed E-state index contributed by atoms with van der Waals surface area (Å²) in [4.78, 5) is 10.6. The number of aromatic nitrogens is 2. The maximum atomic E-state index is 4.22. The number of fused-ring (bicyclic) bond motifs is 2. The van der Waals surface area contributed by atoms with Crippen LogP contribution < -0.4 is 0 Å². The van der Waals surface area contributed by atoms with Gasteiger partial charge in [-0.3, -0.25) is 9.97 Å². The molecule has 0 saturated carbocycles. The second-order valence-electron chi connectivity index (χ2n) is 8.56. The zero-order valence-corrected chi connectivity index (χ0v) is 21.3. The Hall–Kier alpha value is -2.26. The average Bonchev–Trinajstić information content (AvgIpc) is 2.83. The Morgan fingerprint density at radius 2 is 1.72 bits per heavy atom. The van der Waals surface area contributed by atoms with Crippen LogP contribution in [-0.4, -0.2) is 35.0 Å². The number of rotatable bonds is 4. The summed E-state index contributed by atoms with van der Waals surface area (Å²) in [5, 5.41) is 0. The first-order valence-corrected chi connectivity index (χ1v) is 12.3. The Labute approximate surface area is 197 Å². The van der Waals surface area contributed by atoms with Crippen molar-refractivity contribution in [1.82, 2.24) is 14.9 Å². The van der Waals surface area contributed by atoms with Crippen molar-refractivity contribution in [2.45, 2.75) is 60.3 Å². The molecule has 2 bridgehead atoms. The highest BCUT2D eigenvalue weighted by Gasteiger charge is 2.29. The molecule has 2 unspecified atom stereocenters. The Kier molecular flexibility index (Phi) is 14.2. The standard InChI is InChI=1S/C14H18N2.C7H14.C6H7N.C2H6/c1-16-9-11-5-12(10-16)7-14(6-11)13-3-2-4-15-8-13;1-4-7(5-2)6-3;1-6-3-2-4-7-5-6;1-2/h2-4,6,8,11-12H,5,7,9-10H2,1H3;4,7H,1,5-6H2,2-3H3;2-5H,1H3;1-2H3. The minimum atomic E-state index is 0.750. The molecule has 176 valence electrons. The molecule has 0 amide bonds. The summed E-state index contributed by atoms with van der Waals surface area (Å²) in [6.45, 7) is 16.6. The Bertz CT molecular complexity index is 750. The summed E-state index contributed by atoms with van der Waals surface area (Å²) in [7, 11) is 2.24. The van der Waals surface area contributed by atoms with E-state index in [9.17, 15) is 0 Å². The number of pyridine rings is 2. The molecule has 1 aliphatic carbocycles.